The molecule has 2 rings (SSSR count). The molecule has 1 aromatic carbocycles. The van der Waals surface area contributed by atoms with Gasteiger partial charge in [0.05, 0.1) is 7.11 Å². The lowest BCUT2D eigenvalue weighted by Crippen LogP contribution is -2.20. The van der Waals surface area contributed by atoms with E-state index in [0.29, 0.717) is 6.04 Å². The minimum Gasteiger partial charge on any atom is -0.497 e. The van der Waals surface area contributed by atoms with Crippen molar-refractivity contribution < 1.29 is 4.74 Å². The second-order valence-corrected chi connectivity index (χ2v) is 5.31. The highest BCUT2D eigenvalue weighted by Gasteiger charge is 2.07. The van der Waals surface area contributed by atoms with E-state index in [1.807, 2.05) is 12.1 Å². The van der Waals surface area contributed by atoms with Crippen LogP contribution >= 0.6 is 0 Å². The van der Waals surface area contributed by atoms with Gasteiger partial charge in [0.25, 0.3) is 0 Å². The monoisotopic (exact) mass is 259 g/mol. The molecular weight excluding hydrogens is 234 g/mol. The van der Waals surface area contributed by atoms with E-state index in [2.05, 4.69) is 30.4 Å². The first-order valence-corrected chi connectivity index (χ1v) is 7.35. The predicted molar refractivity (Wildman–Crippen MR) is 80.6 cm³/mol. The van der Waals surface area contributed by atoms with Crippen molar-refractivity contribution in [3.05, 3.63) is 41.5 Å². The summed E-state index contributed by atoms with van der Waals surface area (Å²) in [6, 6.07) is 8.72. The fraction of sp³-hybridized carbons (Fsp3) is 0.529. The summed E-state index contributed by atoms with van der Waals surface area (Å²) in [6.45, 7) is 3.29. The molecule has 0 aromatic heterocycles. The zero-order valence-corrected chi connectivity index (χ0v) is 12.1. The molecule has 0 aliphatic heterocycles. The third-order valence-corrected chi connectivity index (χ3v) is 3.90. The first kappa shape index (κ1) is 14.1. The second-order valence-electron chi connectivity index (χ2n) is 5.31. The molecule has 104 valence electrons. The maximum atomic E-state index is 5.18. The molecular formula is C17H25NO. The van der Waals surface area contributed by atoms with Gasteiger partial charge in [-0.15, -0.1) is 0 Å². The Kier molecular flexibility index (Phi) is 5.46. The van der Waals surface area contributed by atoms with Crippen molar-refractivity contribution >= 4 is 0 Å². The first-order chi connectivity index (χ1) is 9.29. The summed E-state index contributed by atoms with van der Waals surface area (Å²) in [5.41, 5.74) is 2.96. The summed E-state index contributed by atoms with van der Waals surface area (Å²) < 4.78 is 5.18. The largest absolute Gasteiger partial charge is 0.497 e. The van der Waals surface area contributed by atoms with Crippen LogP contribution in [0.1, 0.15) is 50.6 Å². The maximum Gasteiger partial charge on any atom is 0.118 e. The van der Waals surface area contributed by atoms with Crippen LogP contribution in [0.4, 0.5) is 0 Å². The average Bonchev–Trinajstić information content (AvgIpc) is 2.48. The average molecular weight is 259 g/mol. The molecule has 1 aliphatic carbocycles. The highest BCUT2D eigenvalue weighted by molar-refractivity contribution is 5.28. The Labute approximate surface area is 116 Å². The lowest BCUT2D eigenvalue weighted by atomic mass is 9.97. The van der Waals surface area contributed by atoms with Crippen molar-refractivity contribution in [3.8, 4) is 5.75 Å². The summed E-state index contributed by atoms with van der Waals surface area (Å²) in [7, 11) is 1.70. The summed E-state index contributed by atoms with van der Waals surface area (Å²) in [5, 5.41) is 3.60. The van der Waals surface area contributed by atoms with Crippen molar-refractivity contribution in [3.63, 3.8) is 0 Å². The van der Waals surface area contributed by atoms with Gasteiger partial charge in [0, 0.05) is 6.04 Å². The predicted octanol–water partition coefficient (Wildman–Crippen LogP) is 4.24. The number of methoxy groups -OCH3 is 1. The standard InChI is InChI=1S/C17H25NO/c1-14(16-8-10-17(19-2)11-9-16)18-13-12-15-6-4-3-5-7-15/h6,8-11,14,18H,3-5,7,12-13H2,1-2H3. The van der Waals surface area contributed by atoms with Crippen LogP contribution in [-0.2, 0) is 0 Å². The lowest BCUT2D eigenvalue weighted by Gasteiger charge is -2.17. The molecule has 0 heterocycles. The van der Waals surface area contributed by atoms with Gasteiger partial charge in [-0.25, -0.2) is 0 Å². The van der Waals surface area contributed by atoms with Gasteiger partial charge in [0.2, 0.25) is 0 Å². The molecule has 1 atom stereocenters. The van der Waals surface area contributed by atoms with E-state index in [-0.39, 0.29) is 0 Å². The van der Waals surface area contributed by atoms with E-state index >= 15 is 0 Å². The minimum atomic E-state index is 0.398. The molecule has 0 fully saturated rings. The number of hydrogen-bond donors (Lipinski definition) is 1. The molecule has 0 bridgehead atoms. The molecule has 1 N–H and O–H groups in total. The van der Waals surface area contributed by atoms with Crippen LogP contribution in [0.5, 0.6) is 5.75 Å². The summed E-state index contributed by atoms with van der Waals surface area (Å²) in [4.78, 5) is 0. The molecule has 1 aliphatic rings. The fourth-order valence-corrected chi connectivity index (χ4v) is 2.59. The summed E-state index contributed by atoms with van der Waals surface area (Å²) in [6.07, 6.45) is 8.96. The number of hydrogen-bond acceptors (Lipinski definition) is 2. The SMILES string of the molecule is COc1ccc(C(C)NCCC2=CCCCC2)cc1. The van der Waals surface area contributed by atoms with Crippen molar-refractivity contribution in [1.29, 1.82) is 0 Å². The molecule has 1 unspecified atom stereocenters. The van der Waals surface area contributed by atoms with E-state index in [9.17, 15) is 0 Å². The Bertz CT molecular complexity index is 408. The van der Waals surface area contributed by atoms with Crippen molar-refractivity contribution in [2.24, 2.45) is 0 Å². The van der Waals surface area contributed by atoms with Gasteiger partial charge in [-0.2, -0.15) is 0 Å². The van der Waals surface area contributed by atoms with Crippen LogP contribution in [0.15, 0.2) is 35.9 Å². The van der Waals surface area contributed by atoms with Crippen LogP contribution in [0, 0.1) is 0 Å². The van der Waals surface area contributed by atoms with Gasteiger partial charge in [0.1, 0.15) is 5.75 Å². The Hall–Kier alpha value is -1.28. The smallest absolute Gasteiger partial charge is 0.118 e. The number of allylic oxidation sites excluding steroid dienone is 1. The van der Waals surface area contributed by atoms with E-state index in [4.69, 9.17) is 4.74 Å². The van der Waals surface area contributed by atoms with Gasteiger partial charge < -0.3 is 10.1 Å². The number of benzene rings is 1. The van der Waals surface area contributed by atoms with Crippen LogP contribution < -0.4 is 10.1 Å². The summed E-state index contributed by atoms with van der Waals surface area (Å²) >= 11 is 0. The highest BCUT2D eigenvalue weighted by Crippen LogP contribution is 2.21. The van der Waals surface area contributed by atoms with Gasteiger partial charge in [-0.05, 0) is 63.3 Å². The Morgan fingerprint density at radius 1 is 1.21 bits per heavy atom. The van der Waals surface area contributed by atoms with Crippen LogP contribution in [0.2, 0.25) is 0 Å². The Morgan fingerprint density at radius 3 is 2.63 bits per heavy atom. The van der Waals surface area contributed by atoms with Crippen molar-refractivity contribution in [2.45, 2.75) is 45.1 Å². The topological polar surface area (TPSA) is 21.3 Å². The van der Waals surface area contributed by atoms with Gasteiger partial charge >= 0.3 is 0 Å². The number of nitrogens with one attached hydrogen (secondary N) is 1. The minimum absolute atomic E-state index is 0.398. The van der Waals surface area contributed by atoms with E-state index in [1.165, 1.54) is 37.7 Å². The van der Waals surface area contributed by atoms with Crippen LogP contribution in [0.25, 0.3) is 0 Å². The van der Waals surface area contributed by atoms with E-state index in [0.717, 1.165) is 12.3 Å². The zero-order valence-electron chi connectivity index (χ0n) is 12.1. The van der Waals surface area contributed by atoms with E-state index in [1.54, 1.807) is 12.7 Å². The molecule has 0 saturated heterocycles. The first-order valence-electron chi connectivity index (χ1n) is 7.35. The Balaban J connectivity index is 1.76. The van der Waals surface area contributed by atoms with Gasteiger partial charge in [-0.1, -0.05) is 23.8 Å². The number of rotatable bonds is 6. The van der Waals surface area contributed by atoms with Crippen molar-refractivity contribution in [2.75, 3.05) is 13.7 Å². The fourth-order valence-electron chi connectivity index (χ4n) is 2.59. The lowest BCUT2D eigenvalue weighted by molar-refractivity contribution is 0.414. The molecule has 0 saturated carbocycles. The molecule has 0 radical (unpaired) electrons. The van der Waals surface area contributed by atoms with Gasteiger partial charge in [-0.3, -0.25) is 0 Å². The third kappa shape index (κ3) is 4.39. The maximum absolute atomic E-state index is 5.18. The second kappa shape index (κ2) is 7.34. The molecule has 2 nitrogen and oxygen atoms in total. The normalized spacial score (nSPS) is 16.8. The van der Waals surface area contributed by atoms with Gasteiger partial charge in [0.15, 0.2) is 0 Å². The quantitative estimate of drug-likeness (QED) is 0.772. The molecule has 1 aromatic rings. The van der Waals surface area contributed by atoms with Crippen molar-refractivity contribution in [1.82, 2.24) is 5.32 Å². The highest BCUT2D eigenvalue weighted by atomic mass is 16.5. The number of ether oxygens (including phenoxy) is 1. The van der Waals surface area contributed by atoms with E-state index < -0.39 is 0 Å². The van der Waals surface area contributed by atoms with Crippen LogP contribution in [0.3, 0.4) is 0 Å². The molecule has 2 heteroatoms. The van der Waals surface area contributed by atoms with Crippen LogP contribution in [-0.4, -0.2) is 13.7 Å². The Morgan fingerprint density at radius 2 is 2.00 bits per heavy atom. The molecule has 0 spiro atoms. The molecule has 0 amide bonds. The third-order valence-electron chi connectivity index (χ3n) is 3.90. The summed E-state index contributed by atoms with van der Waals surface area (Å²) in [5.74, 6) is 0.920. The molecule has 19 heavy (non-hydrogen) atoms. The zero-order chi connectivity index (χ0) is 13.5.